The summed E-state index contributed by atoms with van der Waals surface area (Å²) < 4.78 is 6.28. The molecular formula is C13H19N3O5. The van der Waals surface area contributed by atoms with Crippen molar-refractivity contribution in [1.82, 2.24) is 9.88 Å². The molecule has 0 aliphatic carbocycles. The predicted molar refractivity (Wildman–Crippen MR) is 75.0 cm³/mol. The van der Waals surface area contributed by atoms with Crippen LogP contribution in [0.3, 0.4) is 0 Å². The summed E-state index contributed by atoms with van der Waals surface area (Å²) >= 11 is 0. The first-order valence-corrected chi connectivity index (χ1v) is 6.78. The van der Waals surface area contributed by atoms with Gasteiger partial charge in [0.15, 0.2) is 0 Å². The maximum atomic E-state index is 12.0. The minimum atomic E-state index is -0.540. The summed E-state index contributed by atoms with van der Waals surface area (Å²) in [7, 11) is 0. The zero-order valence-corrected chi connectivity index (χ0v) is 12.1. The molecule has 116 valence electrons. The van der Waals surface area contributed by atoms with Crippen LogP contribution in [-0.4, -0.2) is 34.5 Å². The first kappa shape index (κ1) is 16.7. The molecule has 0 aliphatic heterocycles. The number of carbonyl (C=O) groups is 2. The van der Waals surface area contributed by atoms with Crippen molar-refractivity contribution in [3.63, 3.8) is 0 Å². The lowest BCUT2D eigenvalue weighted by atomic mass is 10.3. The van der Waals surface area contributed by atoms with Crippen LogP contribution in [0.15, 0.2) is 12.3 Å². The number of amides is 1. The van der Waals surface area contributed by atoms with E-state index in [1.54, 1.807) is 6.92 Å². The van der Waals surface area contributed by atoms with Crippen molar-refractivity contribution in [3.8, 4) is 0 Å². The van der Waals surface area contributed by atoms with Crippen molar-refractivity contribution in [1.29, 1.82) is 0 Å². The van der Waals surface area contributed by atoms with Crippen molar-refractivity contribution in [2.45, 2.75) is 33.2 Å². The van der Waals surface area contributed by atoms with Crippen LogP contribution in [0.2, 0.25) is 0 Å². The highest BCUT2D eigenvalue weighted by Crippen LogP contribution is 2.17. The maximum absolute atomic E-state index is 12.0. The summed E-state index contributed by atoms with van der Waals surface area (Å²) in [5.74, 6) is -0.839. The fourth-order valence-electron chi connectivity index (χ4n) is 1.81. The Bertz CT molecular complexity index is 524. The van der Waals surface area contributed by atoms with E-state index in [1.165, 1.54) is 16.8 Å². The van der Waals surface area contributed by atoms with Crippen molar-refractivity contribution in [2.24, 2.45) is 0 Å². The summed E-state index contributed by atoms with van der Waals surface area (Å²) in [5, 5.41) is 13.3. The molecule has 1 heterocycles. The summed E-state index contributed by atoms with van der Waals surface area (Å²) in [4.78, 5) is 33.4. The zero-order chi connectivity index (χ0) is 15.8. The molecule has 0 bridgehead atoms. The maximum Gasteiger partial charge on any atom is 0.307 e. The lowest BCUT2D eigenvalue weighted by Crippen LogP contribution is -2.28. The van der Waals surface area contributed by atoms with E-state index in [9.17, 15) is 19.7 Å². The van der Waals surface area contributed by atoms with Gasteiger partial charge in [0.05, 0.1) is 24.1 Å². The number of aromatic nitrogens is 1. The standard InChI is InChI=1S/C13H19N3O5/c1-3-7-15-9-10(16(19)20)8-11(15)13(18)14-6-5-12(17)21-4-2/h8-9H,3-7H2,1-2H3,(H,14,18). The Labute approximate surface area is 122 Å². The minimum Gasteiger partial charge on any atom is -0.466 e. The molecule has 0 spiro atoms. The Morgan fingerprint density at radius 3 is 2.71 bits per heavy atom. The van der Waals surface area contributed by atoms with Gasteiger partial charge in [-0.25, -0.2) is 0 Å². The molecule has 0 aliphatic rings. The second-order valence-electron chi connectivity index (χ2n) is 4.34. The Kier molecular flexibility index (Phi) is 6.38. The fraction of sp³-hybridized carbons (Fsp3) is 0.538. The van der Waals surface area contributed by atoms with E-state index in [-0.39, 0.29) is 24.3 Å². The third kappa shape index (κ3) is 4.90. The summed E-state index contributed by atoms with van der Waals surface area (Å²) in [6.07, 6.45) is 2.15. The molecule has 8 nitrogen and oxygen atoms in total. The van der Waals surface area contributed by atoms with Gasteiger partial charge in [0.25, 0.3) is 11.6 Å². The predicted octanol–water partition coefficient (Wildman–Crippen LogP) is 1.49. The van der Waals surface area contributed by atoms with Crippen LogP contribution < -0.4 is 5.32 Å². The number of hydrogen-bond donors (Lipinski definition) is 1. The Morgan fingerprint density at radius 1 is 1.43 bits per heavy atom. The Balaban J connectivity index is 2.68. The third-order valence-corrected chi connectivity index (χ3v) is 2.71. The number of hydrogen-bond acceptors (Lipinski definition) is 5. The number of nitrogens with one attached hydrogen (secondary N) is 1. The Morgan fingerprint density at radius 2 is 2.14 bits per heavy atom. The Hall–Kier alpha value is -2.38. The smallest absolute Gasteiger partial charge is 0.307 e. The van der Waals surface area contributed by atoms with Crippen LogP contribution in [0, 0.1) is 10.1 Å². The van der Waals surface area contributed by atoms with Crippen LogP contribution in [0.4, 0.5) is 5.69 Å². The van der Waals surface area contributed by atoms with Crippen molar-refractivity contribution >= 4 is 17.6 Å². The summed E-state index contributed by atoms with van der Waals surface area (Å²) in [6.45, 7) is 4.54. The summed E-state index contributed by atoms with van der Waals surface area (Å²) in [6, 6.07) is 1.23. The van der Waals surface area contributed by atoms with Gasteiger partial charge in [0.1, 0.15) is 5.69 Å². The van der Waals surface area contributed by atoms with Gasteiger partial charge >= 0.3 is 5.97 Å². The number of nitrogens with zero attached hydrogens (tertiary/aromatic N) is 2. The average Bonchev–Trinajstić information content (AvgIpc) is 2.83. The molecule has 0 saturated heterocycles. The molecule has 8 heteroatoms. The monoisotopic (exact) mass is 297 g/mol. The van der Waals surface area contributed by atoms with Gasteiger partial charge < -0.3 is 14.6 Å². The van der Waals surface area contributed by atoms with Crippen LogP contribution in [0.5, 0.6) is 0 Å². The molecule has 0 radical (unpaired) electrons. The molecule has 0 atom stereocenters. The molecule has 1 aromatic rings. The quantitative estimate of drug-likeness (QED) is 0.445. The van der Waals surface area contributed by atoms with Gasteiger partial charge in [-0.3, -0.25) is 19.7 Å². The van der Waals surface area contributed by atoms with E-state index in [0.717, 1.165) is 6.42 Å². The largest absolute Gasteiger partial charge is 0.466 e. The van der Waals surface area contributed by atoms with E-state index < -0.39 is 16.8 Å². The number of rotatable bonds is 8. The van der Waals surface area contributed by atoms with Crippen LogP contribution in [-0.2, 0) is 16.1 Å². The second kappa shape index (κ2) is 8.03. The van der Waals surface area contributed by atoms with Crippen LogP contribution >= 0.6 is 0 Å². The van der Waals surface area contributed by atoms with E-state index >= 15 is 0 Å². The van der Waals surface area contributed by atoms with Gasteiger partial charge in [-0.1, -0.05) is 6.92 Å². The van der Waals surface area contributed by atoms with E-state index in [4.69, 9.17) is 4.74 Å². The third-order valence-electron chi connectivity index (χ3n) is 2.71. The molecule has 0 saturated carbocycles. The SMILES string of the molecule is CCCn1cc([N+](=O)[O-])cc1C(=O)NCCC(=O)OCC. The normalized spacial score (nSPS) is 10.2. The van der Waals surface area contributed by atoms with E-state index in [2.05, 4.69) is 5.32 Å². The average molecular weight is 297 g/mol. The highest BCUT2D eigenvalue weighted by molar-refractivity contribution is 5.93. The molecule has 1 rings (SSSR count). The molecule has 1 aromatic heterocycles. The van der Waals surface area contributed by atoms with E-state index in [1.807, 2.05) is 6.92 Å². The highest BCUT2D eigenvalue weighted by Gasteiger charge is 2.18. The second-order valence-corrected chi connectivity index (χ2v) is 4.34. The molecular weight excluding hydrogens is 278 g/mol. The van der Waals surface area contributed by atoms with Gasteiger partial charge in [-0.05, 0) is 13.3 Å². The topological polar surface area (TPSA) is 103 Å². The van der Waals surface area contributed by atoms with Gasteiger partial charge in [0, 0.05) is 19.2 Å². The number of esters is 1. The number of nitro groups is 1. The zero-order valence-electron chi connectivity index (χ0n) is 12.1. The highest BCUT2D eigenvalue weighted by atomic mass is 16.6. The van der Waals surface area contributed by atoms with Crippen molar-refractivity contribution < 1.29 is 19.2 Å². The molecule has 0 aromatic carbocycles. The lowest BCUT2D eigenvalue weighted by molar-refractivity contribution is -0.384. The molecule has 1 N–H and O–H groups in total. The van der Waals surface area contributed by atoms with Gasteiger partial charge in [-0.2, -0.15) is 0 Å². The van der Waals surface area contributed by atoms with Crippen LogP contribution in [0.1, 0.15) is 37.2 Å². The first-order valence-electron chi connectivity index (χ1n) is 6.78. The first-order chi connectivity index (χ1) is 9.99. The fourth-order valence-corrected chi connectivity index (χ4v) is 1.81. The number of carbonyl (C=O) groups excluding carboxylic acids is 2. The minimum absolute atomic E-state index is 0.0656. The van der Waals surface area contributed by atoms with Crippen LogP contribution in [0.25, 0.3) is 0 Å². The summed E-state index contributed by atoms with van der Waals surface area (Å²) in [5.41, 5.74) is 0.0893. The molecule has 21 heavy (non-hydrogen) atoms. The van der Waals surface area contributed by atoms with Crippen molar-refractivity contribution in [3.05, 3.63) is 28.1 Å². The molecule has 1 amide bonds. The lowest BCUT2D eigenvalue weighted by Gasteiger charge is -2.08. The van der Waals surface area contributed by atoms with Gasteiger partial charge in [-0.15, -0.1) is 0 Å². The van der Waals surface area contributed by atoms with E-state index in [0.29, 0.717) is 13.2 Å². The van der Waals surface area contributed by atoms with Crippen molar-refractivity contribution in [2.75, 3.05) is 13.2 Å². The molecule has 0 fully saturated rings. The molecule has 0 unspecified atom stereocenters. The number of ether oxygens (including phenoxy) is 1. The van der Waals surface area contributed by atoms with Gasteiger partial charge in [0.2, 0.25) is 0 Å². The number of aryl methyl sites for hydroxylation is 1.